The second kappa shape index (κ2) is 37.5. The maximum absolute atomic E-state index is 12.9. The third-order valence-corrected chi connectivity index (χ3v) is 9.31. The van der Waals surface area contributed by atoms with Crippen molar-refractivity contribution in [3.63, 3.8) is 0 Å². The third kappa shape index (κ3) is 36.5. The number of phosphoric acid groups is 1. The van der Waals surface area contributed by atoms with E-state index in [1.165, 1.54) is 96.3 Å². The highest BCUT2D eigenvalue weighted by atomic mass is 31.2. The fourth-order valence-corrected chi connectivity index (χ4v) is 6.07. The number of hydrogen-bond acceptors (Lipinski definition) is 8. The van der Waals surface area contributed by atoms with Crippen LogP contribution in [0, 0.1) is 0 Å². The highest BCUT2D eigenvalue weighted by molar-refractivity contribution is 7.47. The third-order valence-electron chi connectivity index (χ3n) is 8.48. The van der Waals surface area contributed by atoms with Crippen molar-refractivity contribution in [2.45, 2.75) is 206 Å². The van der Waals surface area contributed by atoms with E-state index >= 15 is 0 Å². The second-order valence-corrected chi connectivity index (χ2v) is 14.7. The molecule has 2 atom stereocenters. The molecule has 0 saturated carbocycles. The molecule has 0 heterocycles. The molecule has 50 heavy (non-hydrogen) atoms. The molecular weight excluding hydrogens is 653 g/mol. The van der Waals surface area contributed by atoms with Crippen LogP contribution >= 0.6 is 7.82 Å². The summed E-state index contributed by atoms with van der Waals surface area (Å²) < 4.78 is 73.4. The van der Waals surface area contributed by atoms with Gasteiger partial charge in [-0.2, -0.15) is 0 Å². The summed E-state index contributed by atoms with van der Waals surface area (Å²) in [6.07, 6.45) is 29.2. The van der Waals surface area contributed by atoms with Crippen molar-refractivity contribution in [2.24, 2.45) is 5.73 Å². The van der Waals surface area contributed by atoms with E-state index in [2.05, 4.69) is 35.0 Å². The molecule has 0 aromatic heterocycles. The molecule has 0 aliphatic heterocycles. The van der Waals surface area contributed by atoms with Crippen LogP contribution in [0.15, 0.2) is 12.2 Å². The fourth-order valence-electron chi connectivity index (χ4n) is 5.48. The maximum atomic E-state index is 12.9. The first kappa shape index (κ1) is 39.9. The number of hydrogen-bond donors (Lipinski definition) is 2. The van der Waals surface area contributed by atoms with Crippen LogP contribution in [-0.2, 0) is 32.7 Å². The molecule has 0 saturated heterocycles. The van der Waals surface area contributed by atoms with Gasteiger partial charge in [0, 0.05) is 19.4 Å². The van der Waals surface area contributed by atoms with E-state index in [0.717, 1.165) is 51.4 Å². The maximum Gasteiger partial charge on any atom is 0.472 e. The van der Waals surface area contributed by atoms with Gasteiger partial charge in [0.2, 0.25) is 0 Å². The summed E-state index contributed by atoms with van der Waals surface area (Å²) in [5.41, 5.74) is 5.28. The Morgan fingerprint density at radius 3 is 1.48 bits per heavy atom. The van der Waals surface area contributed by atoms with E-state index in [-0.39, 0.29) is 19.4 Å². The zero-order valence-corrected chi connectivity index (χ0v) is 32.8. The SMILES string of the molecule is [2H]C([2H])(OC(=O)CCCCCCCCCCCCCCCC)[C@@]([2H])(OC(=O)CCCCCCC/C=C/CCCCCCCC)C([2H])([2H])OP(=O)(O)OCCN. The molecule has 0 fully saturated rings. The number of esters is 2. The highest BCUT2D eigenvalue weighted by Crippen LogP contribution is 2.43. The normalized spacial score (nSPS) is 16.1. The number of carbonyl (C=O) groups excluding carboxylic acids is 2. The lowest BCUT2D eigenvalue weighted by molar-refractivity contribution is -0.161. The number of phosphoric ester groups is 1. The van der Waals surface area contributed by atoms with Crippen LogP contribution in [0.2, 0.25) is 0 Å². The molecule has 10 heteroatoms. The Morgan fingerprint density at radius 1 is 0.640 bits per heavy atom. The Kier molecular flexibility index (Phi) is 30.0. The standard InChI is InChI=1S/C40H78NO8P/c1-3-5-7-9-11-13-15-17-19-21-23-25-27-29-31-33-40(43)49-38(37-48-50(44,45)47-35-34-41)36-46-39(42)32-30-28-26-24-22-20-18-16-14-12-10-8-6-4-2/h17,19,38H,3-16,18,20-37,41H2,1-2H3,(H,44,45)/b19-17+/t38-/m1/s1/i36D2,37D2,38D. The van der Waals surface area contributed by atoms with Crippen LogP contribution in [0.1, 0.15) is 207 Å². The Morgan fingerprint density at radius 2 is 1.04 bits per heavy atom. The molecule has 296 valence electrons. The van der Waals surface area contributed by atoms with Gasteiger partial charge in [0.05, 0.1) is 20.0 Å². The lowest BCUT2D eigenvalue weighted by atomic mass is 10.0. The van der Waals surface area contributed by atoms with E-state index in [1.54, 1.807) is 0 Å². The molecule has 0 aromatic carbocycles. The summed E-state index contributed by atoms with van der Waals surface area (Å²) in [6, 6.07) is 0. The Bertz CT molecular complexity index is 1050. The number of allylic oxidation sites excluding steroid dienone is 2. The van der Waals surface area contributed by atoms with Crippen LogP contribution in [-0.4, -0.2) is 49.2 Å². The van der Waals surface area contributed by atoms with Crippen molar-refractivity contribution >= 4 is 19.8 Å². The van der Waals surface area contributed by atoms with Gasteiger partial charge >= 0.3 is 19.8 Å². The van der Waals surface area contributed by atoms with Gasteiger partial charge in [-0.3, -0.25) is 18.6 Å². The fraction of sp³-hybridized carbons (Fsp3) is 0.900. The van der Waals surface area contributed by atoms with E-state index in [9.17, 15) is 19.0 Å². The van der Waals surface area contributed by atoms with Gasteiger partial charge in [-0.1, -0.05) is 161 Å². The number of ether oxygens (including phenoxy) is 2. The molecule has 9 nitrogen and oxygen atoms in total. The van der Waals surface area contributed by atoms with Crippen LogP contribution in [0.25, 0.3) is 0 Å². The number of unbranched alkanes of at least 4 members (excludes halogenated alkanes) is 24. The van der Waals surface area contributed by atoms with Crippen molar-refractivity contribution in [3.05, 3.63) is 12.2 Å². The molecular formula is C40H78NO8P. The van der Waals surface area contributed by atoms with Gasteiger partial charge in [0.15, 0.2) is 6.08 Å². The van der Waals surface area contributed by atoms with Crippen LogP contribution < -0.4 is 5.73 Å². The zero-order chi connectivity index (χ0) is 41.3. The molecule has 3 N–H and O–H groups in total. The minimum absolute atomic E-state index is 0.210. The molecule has 0 amide bonds. The highest BCUT2D eigenvalue weighted by Gasteiger charge is 2.26. The predicted molar refractivity (Wildman–Crippen MR) is 206 cm³/mol. The zero-order valence-electron chi connectivity index (χ0n) is 36.9. The minimum Gasteiger partial charge on any atom is -0.462 e. The molecule has 0 radical (unpaired) electrons. The minimum atomic E-state index is -5.25. The topological polar surface area (TPSA) is 134 Å². The summed E-state index contributed by atoms with van der Waals surface area (Å²) in [5.74, 6) is -2.22. The first-order valence-corrected chi connectivity index (χ1v) is 21.6. The number of rotatable bonds is 39. The van der Waals surface area contributed by atoms with Gasteiger partial charge in [-0.25, -0.2) is 4.57 Å². The molecule has 0 bridgehead atoms. The number of carbonyl (C=O) groups is 2. The van der Waals surface area contributed by atoms with Crippen molar-refractivity contribution < 1.29 is 44.4 Å². The van der Waals surface area contributed by atoms with Crippen molar-refractivity contribution in [1.29, 1.82) is 0 Å². The molecule has 0 aliphatic rings. The molecule has 0 spiro atoms. The van der Waals surface area contributed by atoms with Crippen LogP contribution in [0.5, 0.6) is 0 Å². The van der Waals surface area contributed by atoms with Gasteiger partial charge < -0.3 is 20.1 Å². The molecule has 0 aliphatic carbocycles. The van der Waals surface area contributed by atoms with Gasteiger partial charge in [0.25, 0.3) is 0 Å². The van der Waals surface area contributed by atoms with E-state index in [4.69, 9.17) is 22.1 Å². The lowest BCUT2D eigenvalue weighted by Crippen LogP contribution is -2.29. The average Bonchev–Trinajstić information content (AvgIpc) is 3.11. The largest absolute Gasteiger partial charge is 0.472 e. The predicted octanol–water partition coefficient (Wildman–Crippen LogP) is 11.4. The second-order valence-electron chi connectivity index (χ2n) is 13.3. The smallest absolute Gasteiger partial charge is 0.462 e. The monoisotopic (exact) mass is 737 g/mol. The first-order valence-electron chi connectivity index (χ1n) is 22.6. The molecule has 0 rings (SSSR count). The summed E-state index contributed by atoms with van der Waals surface area (Å²) in [5, 5.41) is 0. The van der Waals surface area contributed by atoms with Gasteiger partial charge in [0.1, 0.15) is 6.56 Å². The molecule has 1 unspecified atom stereocenters. The Hall–Kier alpha value is -1.25. The summed E-state index contributed by atoms with van der Waals surface area (Å²) in [6.45, 7) is -3.71. The van der Waals surface area contributed by atoms with Gasteiger partial charge in [-0.15, -0.1) is 0 Å². The van der Waals surface area contributed by atoms with Crippen LogP contribution in [0.4, 0.5) is 0 Å². The Labute approximate surface area is 314 Å². The van der Waals surface area contributed by atoms with Gasteiger partial charge in [-0.05, 0) is 38.5 Å². The quantitative estimate of drug-likeness (QED) is 0.0273. The lowest BCUT2D eigenvalue weighted by Gasteiger charge is -2.19. The van der Waals surface area contributed by atoms with E-state index in [1.807, 2.05) is 0 Å². The summed E-state index contributed by atoms with van der Waals surface area (Å²) in [7, 11) is -5.25. The van der Waals surface area contributed by atoms with Crippen molar-refractivity contribution in [3.8, 4) is 0 Å². The van der Waals surface area contributed by atoms with E-state index in [0.29, 0.717) is 25.7 Å². The Balaban J connectivity index is 4.89. The average molecular weight is 737 g/mol. The van der Waals surface area contributed by atoms with Crippen molar-refractivity contribution in [2.75, 3.05) is 26.3 Å². The summed E-state index contributed by atoms with van der Waals surface area (Å²) in [4.78, 5) is 35.6. The first-order chi connectivity index (χ1) is 26.2. The summed E-state index contributed by atoms with van der Waals surface area (Å²) >= 11 is 0. The van der Waals surface area contributed by atoms with Crippen LogP contribution in [0.3, 0.4) is 0 Å². The van der Waals surface area contributed by atoms with E-state index < -0.39 is 45.6 Å². The molecule has 0 aromatic rings. The van der Waals surface area contributed by atoms with Crippen molar-refractivity contribution in [1.82, 2.24) is 0 Å². The number of nitrogens with two attached hydrogens (primary N) is 1.